The summed E-state index contributed by atoms with van der Waals surface area (Å²) in [5.41, 5.74) is 0.169. The zero-order valence-corrected chi connectivity index (χ0v) is 11.3. The van der Waals surface area contributed by atoms with Crippen LogP contribution in [-0.2, 0) is 4.74 Å². The zero-order valence-electron chi connectivity index (χ0n) is 11.3. The van der Waals surface area contributed by atoms with Gasteiger partial charge < -0.3 is 19.3 Å². The Kier molecular flexibility index (Phi) is 6.74. The number of unbranched alkanes of at least 4 members (excludes halogenated alkanes) is 1. The summed E-state index contributed by atoms with van der Waals surface area (Å²) in [6, 6.07) is 4.51. The van der Waals surface area contributed by atoms with Gasteiger partial charge in [0, 0.05) is 6.61 Å². The third kappa shape index (κ3) is 5.18. The molecular weight excluding hydrogens is 248 g/mol. The van der Waals surface area contributed by atoms with E-state index in [1.165, 1.54) is 19.2 Å². The average molecular weight is 268 g/mol. The molecule has 1 N–H and O–H groups in total. The first kappa shape index (κ1) is 15.3. The van der Waals surface area contributed by atoms with Crippen molar-refractivity contribution in [2.24, 2.45) is 0 Å². The maximum absolute atomic E-state index is 10.9. The first-order valence-electron chi connectivity index (χ1n) is 6.31. The van der Waals surface area contributed by atoms with Gasteiger partial charge in [-0.3, -0.25) is 0 Å². The summed E-state index contributed by atoms with van der Waals surface area (Å²) in [5.74, 6) is -0.0632. The molecule has 0 saturated heterocycles. The highest BCUT2D eigenvalue weighted by Gasteiger charge is 2.09. The van der Waals surface area contributed by atoms with Gasteiger partial charge in [0.05, 0.1) is 19.3 Å². The van der Waals surface area contributed by atoms with Gasteiger partial charge in [-0.05, 0) is 24.6 Å². The third-order valence-corrected chi connectivity index (χ3v) is 2.54. The van der Waals surface area contributed by atoms with E-state index in [0.717, 1.165) is 12.8 Å². The van der Waals surface area contributed by atoms with Crippen molar-refractivity contribution in [3.8, 4) is 11.5 Å². The highest BCUT2D eigenvalue weighted by Crippen LogP contribution is 2.27. The van der Waals surface area contributed by atoms with Crippen LogP contribution in [0.4, 0.5) is 0 Å². The molecule has 1 rings (SSSR count). The SMILES string of the molecule is CCCCOCCOc1cc(C(=O)O)ccc1OC. The van der Waals surface area contributed by atoms with Crippen molar-refractivity contribution in [3.63, 3.8) is 0 Å². The van der Waals surface area contributed by atoms with Crippen molar-refractivity contribution in [2.45, 2.75) is 19.8 Å². The number of carboxylic acid groups (broad SMARTS) is 1. The van der Waals surface area contributed by atoms with Gasteiger partial charge in [-0.25, -0.2) is 4.79 Å². The zero-order chi connectivity index (χ0) is 14.1. The van der Waals surface area contributed by atoms with Gasteiger partial charge in [0.1, 0.15) is 6.61 Å². The van der Waals surface area contributed by atoms with Crippen molar-refractivity contribution < 1.29 is 24.1 Å². The number of carboxylic acids is 1. The van der Waals surface area contributed by atoms with Crippen LogP contribution in [0.3, 0.4) is 0 Å². The fourth-order valence-corrected chi connectivity index (χ4v) is 1.48. The number of rotatable bonds is 9. The van der Waals surface area contributed by atoms with Gasteiger partial charge in [-0.15, -0.1) is 0 Å². The highest BCUT2D eigenvalue weighted by atomic mass is 16.5. The standard InChI is InChI=1S/C14H20O5/c1-3-4-7-18-8-9-19-13-10-11(14(15)16)5-6-12(13)17-2/h5-6,10H,3-4,7-9H2,1-2H3,(H,15,16). The van der Waals surface area contributed by atoms with Gasteiger partial charge in [-0.2, -0.15) is 0 Å². The molecule has 19 heavy (non-hydrogen) atoms. The molecule has 0 aliphatic rings. The number of aromatic carboxylic acids is 1. The molecule has 5 nitrogen and oxygen atoms in total. The molecule has 0 aliphatic carbocycles. The lowest BCUT2D eigenvalue weighted by atomic mass is 10.2. The van der Waals surface area contributed by atoms with Crippen LogP contribution < -0.4 is 9.47 Å². The van der Waals surface area contributed by atoms with Crippen LogP contribution in [0.25, 0.3) is 0 Å². The van der Waals surface area contributed by atoms with Gasteiger partial charge in [-0.1, -0.05) is 13.3 Å². The number of hydrogen-bond donors (Lipinski definition) is 1. The molecule has 0 radical (unpaired) electrons. The maximum Gasteiger partial charge on any atom is 0.335 e. The minimum absolute atomic E-state index is 0.169. The molecule has 0 aliphatic heterocycles. The van der Waals surface area contributed by atoms with Crippen LogP contribution in [0.15, 0.2) is 18.2 Å². The normalized spacial score (nSPS) is 10.2. The Morgan fingerprint density at radius 2 is 2.00 bits per heavy atom. The topological polar surface area (TPSA) is 65.0 Å². The van der Waals surface area contributed by atoms with Crippen LogP contribution in [0, 0.1) is 0 Å². The van der Waals surface area contributed by atoms with Gasteiger partial charge in [0.2, 0.25) is 0 Å². The Bertz CT molecular complexity index is 403. The second-order valence-electron chi connectivity index (χ2n) is 3.99. The van der Waals surface area contributed by atoms with E-state index >= 15 is 0 Å². The smallest absolute Gasteiger partial charge is 0.335 e. The predicted octanol–water partition coefficient (Wildman–Crippen LogP) is 2.59. The molecule has 106 valence electrons. The van der Waals surface area contributed by atoms with Crippen LogP contribution >= 0.6 is 0 Å². The monoisotopic (exact) mass is 268 g/mol. The number of hydrogen-bond acceptors (Lipinski definition) is 4. The Labute approximate surface area is 113 Å². The van der Waals surface area contributed by atoms with E-state index in [9.17, 15) is 4.79 Å². The molecule has 1 aromatic carbocycles. The van der Waals surface area contributed by atoms with E-state index in [1.807, 2.05) is 0 Å². The molecule has 0 spiro atoms. The summed E-state index contributed by atoms with van der Waals surface area (Å²) >= 11 is 0. The van der Waals surface area contributed by atoms with E-state index < -0.39 is 5.97 Å². The van der Waals surface area contributed by atoms with Gasteiger partial charge >= 0.3 is 5.97 Å². The number of carbonyl (C=O) groups is 1. The fraction of sp³-hybridized carbons (Fsp3) is 0.500. The molecular formula is C14H20O5. The quantitative estimate of drug-likeness (QED) is 0.697. The van der Waals surface area contributed by atoms with E-state index in [2.05, 4.69) is 6.92 Å². The number of benzene rings is 1. The van der Waals surface area contributed by atoms with Gasteiger partial charge in [0.25, 0.3) is 0 Å². The van der Waals surface area contributed by atoms with Gasteiger partial charge in [0.15, 0.2) is 11.5 Å². The molecule has 0 heterocycles. The lowest BCUT2D eigenvalue weighted by molar-refractivity contribution is 0.0695. The third-order valence-electron chi connectivity index (χ3n) is 2.54. The van der Waals surface area contributed by atoms with Crippen LogP contribution in [0.1, 0.15) is 30.1 Å². The Morgan fingerprint density at radius 1 is 1.21 bits per heavy atom. The van der Waals surface area contributed by atoms with Crippen molar-refractivity contribution in [3.05, 3.63) is 23.8 Å². The van der Waals surface area contributed by atoms with E-state index in [0.29, 0.717) is 31.3 Å². The average Bonchev–Trinajstić information content (AvgIpc) is 2.42. The molecule has 0 saturated carbocycles. The van der Waals surface area contributed by atoms with E-state index in [-0.39, 0.29) is 5.56 Å². The second kappa shape index (κ2) is 8.37. The van der Waals surface area contributed by atoms with Crippen LogP contribution in [0.5, 0.6) is 11.5 Å². The van der Waals surface area contributed by atoms with Crippen LogP contribution in [0.2, 0.25) is 0 Å². The summed E-state index contributed by atoms with van der Waals surface area (Å²) in [5, 5.41) is 8.92. The van der Waals surface area contributed by atoms with Crippen molar-refractivity contribution in [1.29, 1.82) is 0 Å². The summed E-state index contributed by atoms with van der Waals surface area (Å²) in [7, 11) is 1.51. The lowest BCUT2D eigenvalue weighted by Crippen LogP contribution is -2.08. The molecule has 0 aromatic heterocycles. The molecule has 0 fully saturated rings. The first-order chi connectivity index (χ1) is 9.19. The largest absolute Gasteiger partial charge is 0.493 e. The summed E-state index contributed by atoms with van der Waals surface area (Å²) in [6.45, 7) is 3.65. The molecule has 1 aromatic rings. The minimum Gasteiger partial charge on any atom is -0.493 e. The second-order valence-corrected chi connectivity index (χ2v) is 3.99. The fourth-order valence-electron chi connectivity index (χ4n) is 1.48. The Hall–Kier alpha value is -1.75. The summed E-state index contributed by atoms with van der Waals surface area (Å²) in [4.78, 5) is 10.9. The van der Waals surface area contributed by atoms with E-state index in [4.69, 9.17) is 19.3 Å². The minimum atomic E-state index is -0.994. The molecule has 0 unspecified atom stereocenters. The van der Waals surface area contributed by atoms with Crippen LogP contribution in [-0.4, -0.2) is 38.0 Å². The van der Waals surface area contributed by atoms with Crippen molar-refractivity contribution >= 4 is 5.97 Å². The van der Waals surface area contributed by atoms with Crippen molar-refractivity contribution in [1.82, 2.24) is 0 Å². The summed E-state index contributed by atoms with van der Waals surface area (Å²) in [6.07, 6.45) is 2.12. The van der Waals surface area contributed by atoms with Crippen molar-refractivity contribution in [2.75, 3.05) is 26.9 Å². The Morgan fingerprint density at radius 3 is 2.63 bits per heavy atom. The predicted molar refractivity (Wildman–Crippen MR) is 71.2 cm³/mol. The molecule has 5 heteroatoms. The number of methoxy groups -OCH3 is 1. The lowest BCUT2D eigenvalue weighted by Gasteiger charge is -2.11. The molecule has 0 amide bonds. The van der Waals surface area contributed by atoms with E-state index in [1.54, 1.807) is 6.07 Å². The maximum atomic E-state index is 10.9. The first-order valence-corrected chi connectivity index (χ1v) is 6.31. The highest BCUT2D eigenvalue weighted by molar-refractivity contribution is 5.88. The molecule has 0 bridgehead atoms. The summed E-state index contributed by atoms with van der Waals surface area (Å²) < 4.78 is 16.0. The molecule has 0 atom stereocenters. The number of ether oxygens (including phenoxy) is 3. The Balaban J connectivity index is 2.50.